The molecule has 0 aromatic heterocycles. The molecule has 0 fully saturated rings. The van der Waals surface area contributed by atoms with Gasteiger partial charge in [0.15, 0.2) is 0 Å². The second kappa shape index (κ2) is 9.15. The van der Waals surface area contributed by atoms with Crippen molar-refractivity contribution >= 4 is 11.7 Å². The van der Waals surface area contributed by atoms with Crippen molar-refractivity contribution in [1.82, 2.24) is 4.90 Å². The van der Waals surface area contributed by atoms with Gasteiger partial charge in [-0.3, -0.25) is 4.90 Å². The highest BCUT2D eigenvalue weighted by Gasteiger charge is 2.15. The summed E-state index contributed by atoms with van der Waals surface area (Å²) in [5.41, 5.74) is 7.89. The quantitative estimate of drug-likeness (QED) is 0.558. The fourth-order valence-corrected chi connectivity index (χ4v) is 2.24. The number of nitrogens with zero attached hydrogens (tertiary/aromatic N) is 2. The van der Waals surface area contributed by atoms with Gasteiger partial charge in [-0.1, -0.05) is 13.8 Å². The predicted molar refractivity (Wildman–Crippen MR) is 85.1 cm³/mol. The molecule has 1 atom stereocenters. The Bertz CT molecular complexity index is 501. The molecule has 0 heterocycles. The first kappa shape index (κ1) is 18.1. The largest absolute Gasteiger partial charge is 0.492 e. The van der Waals surface area contributed by atoms with Gasteiger partial charge in [-0.05, 0) is 45.1 Å². The van der Waals surface area contributed by atoms with Gasteiger partial charge in [-0.2, -0.15) is 5.11 Å². The summed E-state index contributed by atoms with van der Waals surface area (Å²) in [4.78, 5) is 14.4. The lowest BCUT2D eigenvalue weighted by atomic mass is 10.2. The number of nitrogens with one attached hydrogen (secondary N) is 1. The van der Waals surface area contributed by atoms with Crippen molar-refractivity contribution in [2.45, 2.75) is 33.7 Å². The van der Waals surface area contributed by atoms with Gasteiger partial charge in [0.05, 0.1) is 12.2 Å². The zero-order valence-corrected chi connectivity index (χ0v) is 13.8. The third kappa shape index (κ3) is 4.80. The first-order valence-electron chi connectivity index (χ1n) is 7.62. The van der Waals surface area contributed by atoms with Crippen LogP contribution in [0, 0.1) is 5.53 Å². The fraction of sp³-hybridized carbons (Fsp3) is 0.562. The average molecular weight is 307 g/mol. The summed E-state index contributed by atoms with van der Waals surface area (Å²) in [5.74, 6) is 0.0280. The molecule has 0 spiro atoms. The van der Waals surface area contributed by atoms with E-state index >= 15 is 0 Å². The van der Waals surface area contributed by atoms with Crippen LogP contribution in [0.5, 0.6) is 5.75 Å². The molecule has 0 radical (unpaired) electrons. The van der Waals surface area contributed by atoms with Crippen molar-refractivity contribution in [2.75, 3.05) is 26.3 Å². The standard InChI is InChI=1S/C16H25N3O3/c1-5-19(6-2)12(4)11-22-16(20)13-8-9-14(18-17)15(10-13)21-7-3/h8-10,12,17H,5-7,11H2,1-4H3/t12-/m0/s1. The van der Waals surface area contributed by atoms with Crippen LogP contribution in [0.15, 0.2) is 23.3 Å². The van der Waals surface area contributed by atoms with Crippen molar-refractivity contribution in [1.29, 1.82) is 5.53 Å². The lowest BCUT2D eigenvalue weighted by Gasteiger charge is -2.25. The first-order chi connectivity index (χ1) is 10.6. The number of carbonyl (C=O) groups excluding carboxylic acids is 1. The van der Waals surface area contributed by atoms with E-state index in [-0.39, 0.29) is 6.04 Å². The molecular weight excluding hydrogens is 282 g/mol. The van der Waals surface area contributed by atoms with E-state index in [1.54, 1.807) is 18.2 Å². The molecule has 0 unspecified atom stereocenters. The van der Waals surface area contributed by atoms with Crippen LogP contribution in [0.3, 0.4) is 0 Å². The lowest BCUT2D eigenvalue weighted by molar-refractivity contribution is 0.0381. The predicted octanol–water partition coefficient (Wildman–Crippen LogP) is 3.63. The van der Waals surface area contributed by atoms with Gasteiger partial charge in [-0.25, -0.2) is 10.3 Å². The van der Waals surface area contributed by atoms with E-state index in [9.17, 15) is 4.79 Å². The van der Waals surface area contributed by atoms with Crippen molar-refractivity contribution in [3.8, 4) is 5.75 Å². The molecule has 0 aliphatic heterocycles. The maximum Gasteiger partial charge on any atom is 0.338 e. The minimum Gasteiger partial charge on any atom is -0.492 e. The summed E-state index contributed by atoms with van der Waals surface area (Å²) >= 11 is 0. The molecule has 6 nitrogen and oxygen atoms in total. The topological polar surface area (TPSA) is 75.0 Å². The number of hydrogen-bond acceptors (Lipinski definition) is 6. The maximum atomic E-state index is 12.1. The van der Waals surface area contributed by atoms with Crippen LogP contribution in [-0.4, -0.2) is 43.2 Å². The molecule has 122 valence electrons. The summed E-state index contributed by atoms with van der Waals surface area (Å²) in [6.07, 6.45) is 0. The molecule has 0 bridgehead atoms. The molecule has 1 N–H and O–H groups in total. The van der Waals surface area contributed by atoms with E-state index in [0.717, 1.165) is 13.1 Å². The normalized spacial score (nSPS) is 12.0. The monoisotopic (exact) mass is 307 g/mol. The van der Waals surface area contributed by atoms with Crippen LogP contribution >= 0.6 is 0 Å². The number of ether oxygens (including phenoxy) is 2. The van der Waals surface area contributed by atoms with Crippen LogP contribution in [0.1, 0.15) is 38.1 Å². The van der Waals surface area contributed by atoms with E-state index in [0.29, 0.717) is 30.2 Å². The minimum atomic E-state index is -0.392. The molecule has 0 amide bonds. The van der Waals surface area contributed by atoms with Crippen LogP contribution in [0.4, 0.5) is 5.69 Å². The van der Waals surface area contributed by atoms with Gasteiger partial charge in [0.1, 0.15) is 18.0 Å². The van der Waals surface area contributed by atoms with Crippen molar-refractivity contribution in [3.05, 3.63) is 23.8 Å². The Kier molecular flexibility index (Phi) is 7.52. The number of rotatable bonds is 9. The van der Waals surface area contributed by atoms with Gasteiger partial charge in [0.25, 0.3) is 0 Å². The molecule has 6 heteroatoms. The van der Waals surface area contributed by atoms with Gasteiger partial charge in [-0.15, -0.1) is 0 Å². The van der Waals surface area contributed by atoms with Gasteiger partial charge in [0.2, 0.25) is 0 Å². The van der Waals surface area contributed by atoms with Crippen LogP contribution in [-0.2, 0) is 4.74 Å². The lowest BCUT2D eigenvalue weighted by Crippen LogP contribution is -2.36. The smallest absolute Gasteiger partial charge is 0.338 e. The van der Waals surface area contributed by atoms with Gasteiger partial charge in [0, 0.05) is 6.04 Å². The fourth-order valence-electron chi connectivity index (χ4n) is 2.24. The highest BCUT2D eigenvalue weighted by atomic mass is 16.5. The van der Waals surface area contributed by atoms with Crippen molar-refractivity contribution in [2.24, 2.45) is 5.11 Å². The molecule has 1 aromatic carbocycles. The van der Waals surface area contributed by atoms with Crippen molar-refractivity contribution in [3.63, 3.8) is 0 Å². The van der Waals surface area contributed by atoms with Crippen LogP contribution in [0.25, 0.3) is 0 Å². The summed E-state index contributed by atoms with van der Waals surface area (Å²) in [5, 5.41) is 3.38. The molecular formula is C16H25N3O3. The maximum absolute atomic E-state index is 12.1. The van der Waals surface area contributed by atoms with E-state index in [2.05, 4.69) is 23.9 Å². The third-order valence-electron chi connectivity index (χ3n) is 3.51. The second-order valence-electron chi connectivity index (χ2n) is 4.90. The zero-order chi connectivity index (χ0) is 16.5. The highest BCUT2D eigenvalue weighted by Crippen LogP contribution is 2.28. The van der Waals surface area contributed by atoms with Gasteiger partial charge < -0.3 is 9.47 Å². The number of likely N-dealkylation sites (N-methyl/N-ethyl adjacent to an activating group) is 1. The summed E-state index contributed by atoms with van der Waals surface area (Å²) in [6, 6.07) is 4.93. The summed E-state index contributed by atoms with van der Waals surface area (Å²) in [7, 11) is 0. The highest BCUT2D eigenvalue weighted by molar-refractivity contribution is 5.90. The van der Waals surface area contributed by atoms with E-state index in [1.807, 2.05) is 13.8 Å². The minimum absolute atomic E-state index is 0.174. The molecule has 0 aliphatic carbocycles. The zero-order valence-electron chi connectivity index (χ0n) is 13.8. The Hall–Kier alpha value is -1.95. The Labute approximate surface area is 131 Å². The summed E-state index contributed by atoms with van der Waals surface area (Å²) in [6.45, 7) is 10.7. The van der Waals surface area contributed by atoms with Crippen LogP contribution in [0.2, 0.25) is 0 Å². The molecule has 0 saturated heterocycles. The number of esters is 1. The molecule has 0 aliphatic rings. The number of carbonyl (C=O) groups is 1. The first-order valence-corrected chi connectivity index (χ1v) is 7.62. The molecule has 1 aromatic rings. The van der Waals surface area contributed by atoms with Crippen LogP contribution < -0.4 is 4.74 Å². The summed E-state index contributed by atoms with van der Waals surface area (Å²) < 4.78 is 10.8. The number of hydrogen-bond donors (Lipinski definition) is 1. The SMILES string of the molecule is CCOc1cc(C(=O)OC[C@H](C)N(CC)CC)ccc1N=N. The third-order valence-corrected chi connectivity index (χ3v) is 3.51. The second-order valence-corrected chi connectivity index (χ2v) is 4.90. The Morgan fingerprint density at radius 3 is 2.55 bits per heavy atom. The molecule has 1 rings (SSSR count). The number of benzene rings is 1. The van der Waals surface area contributed by atoms with Crippen molar-refractivity contribution < 1.29 is 14.3 Å². The molecule has 22 heavy (non-hydrogen) atoms. The van der Waals surface area contributed by atoms with E-state index < -0.39 is 5.97 Å². The van der Waals surface area contributed by atoms with Gasteiger partial charge >= 0.3 is 5.97 Å². The Morgan fingerprint density at radius 2 is 2.00 bits per heavy atom. The van der Waals surface area contributed by atoms with E-state index in [4.69, 9.17) is 15.0 Å². The molecule has 0 saturated carbocycles. The van der Waals surface area contributed by atoms with E-state index in [1.165, 1.54) is 0 Å². The Morgan fingerprint density at radius 1 is 1.32 bits per heavy atom. The average Bonchev–Trinajstić information content (AvgIpc) is 2.54. The Balaban J connectivity index is 2.73.